The van der Waals surface area contributed by atoms with Crippen LogP contribution in [0.1, 0.15) is 48.4 Å². The van der Waals surface area contributed by atoms with Crippen LogP contribution < -0.4 is 4.74 Å². The number of benzene rings is 3. The summed E-state index contributed by atoms with van der Waals surface area (Å²) < 4.78 is 70.1. The summed E-state index contributed by atoms with van der Waals surface area (Å²) in [7, 11) is 0. The van der Waals surface area contributed by atoms with Gasteiger partial charge in [0.05, 0.1) is 0 Å². The first-order chi connectivity index (χ1) is 15.7. The van der Waals surface area contributed by atoms with Crippen molar-refractivity contribution in [3.8, 4) is 16.9 Å². The Kier molecular flexibility index (Phi) is 6.54. The molecule has 0 heterocycles. The Morgan fingerprint density at radius 1 is 0.879 bits per heavy atom. The molecule has 0 unspecified atom stereocenters. The van der Waals surface area contributed by atoms with Crippen molar-refractivity contribution in [2.45, 2.75) is 45.4 Å². The molecule has 1 aliphatic rings. The van der Waals surface area contributed by atoms with E-state index in [4.69, 9.17) is 0 Å². The SMILES string of the molecule is CCCCc1ccc(C2=Cc3ccc(-c4ccc(OC(F)(F)F)c(F)c4)c(F)c3CC2)cc1. The van der Waals surface area contributed by atoms with Crippen LogP contribution in [0, 0.1) is 11.6 Å². The maximum Gasteiger partial charge on any atom is 0.573 e. The predicted octanol–water partition coefficient (Wildman–Crippen LogP) is 8.36. The number of ether oxygens (including phenoxy) is 1. The lowest BCUT2D eigenvalue weighted by Crippen LogP contribution is -2.17. The molecule has 4 rings (SSSR count). The van der Waals surface area contributed by atoms with Gasteiger partial charge in [-0.15, -0.1) is 13.2 Å². The Labute approximate surface area is 189 Å². The Morgan fingerprint density at radius 3 is 2.27 bits per heavy atom. The van der Waals surface area contributed by atoms with E-state index in [1.807, 2.05) is 6.08 Å². The summed E-state index contributed by atoms with van der Waals surface area (Å²) in [6.07, 6.45) is 1.46. The van der Waals surface area contributed by atoms with Gasteiger partial charge in [-0.3, -0.25) is 0 Å². The smallest absolute Gasteiger partial charge is 0.403 e. The van der Waals surface area contributed by atoms with Crippen LogP contribution in [0.3, 0.4) is 0 Å². The molecule has 172 valence electrons. The maximum atomic E-state index is 15.3. The van der Waals surface area contributed by atoms with Crippen molar-refractivity contribution in [2.24, 2.45) is 0 Å². The zero-order valence-corrected chi connectivity index (χ0v) is 18.1. The second kappa shape index (κ2) is 9.38. The Morgan fingerprint density at radius 2 is 1.61 bits per heavy atom. The van der Waals surface area contributed by atoms with E-state index in [1.54, 1.807) is 6.07 Å². The second-order valence-electron chi connectivity index (χ2n) is 8.16. The number of hydrogen-bond donors (Lipinski definition) is 0. The van der Waals surface area contributed by atoms with Gasteiger partial charge in [0, 0.05) is 5.56 Å². The average Bonchev–Trinajstić information content (AvgIpc) is 2.79. The van der Waals surface area contributed by atoms with Crippen molar-refractivity contribution in [3.63, 3.8) is 0 Å². The van der Waals surface area contributed by atoms with Crippen molar-refractivity contribution >= 4 is 11.6 Å². The lowest BCUT2D eigenvalue weighted by atomic mass is 9.86. The van der Waals surface area contributed by atoms with Crippen LogP contribution in [0.15, 0.2) is 54.6 Å². The molecular formula is C27H23F5O. The fourth-order valence-electron chi connectivity index (χ4n) is 4.14. The van der Waals surface area contributed by atoms with E-state index in [9.17, 15) is 17.6 Å². The van der Waals surface area contributed by atoms with Crippen LogP contribution >= 0.6 is 0 Å². The first-order valence-electron chi connectivity index (χ1n) is 10.9. The second-order valence-corrected chi connectivity index (χ2v) is 8.16. The minimum atomic E-state index is -5.00. The van der Waals surface area contributed by atoms with Crippen molar-refractivity contribution < 1.29 is 26.7 Å². The highest BCUT2D eigenvalue weighted by atomic mass is 19.4. The number of allylic oxidation sites excluding steroid dienone is 1. The number of alkyl halides is 3. The summed E-state index contributed by atoms with van der Waals surface area (Å²) in [4.78, 5) is 0. The van der Waals surface area contributed by atoms with Crippen LogP contribution in [0.5, 0.6) is 5.75 Å². The number of hydrogen-bond acceptors (Lipinski definition) is 1. The van der Waals surface area contributed by atoms with Gasteiger partial charge in [0.25, 0.3) is 0 Å². The molecule has 0 aromatic heterocycles. The molecule has 0 spiro atoms. The fraction of sp³-hybridized carbons (Fsp3) is 0.259. The van der Waals surface area contributed by atoms with Gasteiger partial charge in [0.2, 0.25) is 0 Å². The molecule has 1 aliphatic carbocycles. The molecule has 0 radical (unpaired) electrons. The van der Waals surface area contributed by atoms with Crippen LogP contribution in [0.25, 0.3) is 22.8 Å². The minimum absolute atomic E-state index is 0.142. The number of aryl methyl sites for hydroxylation is 1. The van der Waals surface area contributed by atoms with Gasteiger partial charge in [-0.05, 0) is 71.2 Å². The van der Waals surface area contributed by atoms with Crippen molar-refractivity contribution in [2.75, 3.05) is 0 Å². The van der Waals surface area contributed by atoms with E-state index in [-0.39, 0.29) is 11.1 Å². The van der Waals surface area contributed by atoms with Crippen molar-refractivity contribution in [3.05, 3.63) is 88.5 Å². The molecule has 0 saturated heterocycles. The summed E-state index contributed by atoms with van der Waals surface area (Å²) >= 11 is 0. The molecule has 33 heavy (non-hydrogen) atoms. The largest absolute Gasteiger partial charge is 0.573 e. The van der Waals surface area contributed by atoms with Crippen LogP contribution in [0.4, 0.5) is 22.0 Å². The van der Waals surface area contributed by atoms with E-state index < -0.39 is 23.7 Å². The topological polar surface area (TPSA) is 9.23 Å². The number of fused-ring (bicyclic) bond motifs is 1. The zero-order valence-electron chi connectivity index (χ0n) is 18.1. The lowest BCUT2D eigenvalue weighted by molar-refractivity contribution is -0.275. The van der Waals surface area contributed by atoms with Crippen LogP contribution in [-0.2, 0) is 12.8 Å². The van der Waals surface area contributed by atoms with Gasteiger partial charge in [-0.1, -0.05) is 61.9 Å². The number of halogens is 5. The molecule has 0 fully saturated rings. The van der Waals surface area contributed by atoms with Crippen molar-refractivity contribution in [1.29, 1.82) is 0 Å². The summed E-state index contributed by atoms with van der Waals surface area (Å²) in [5.41, 5.74) is 5.09. The molecular weight excluding hydrogens is 435 g/mol. The summed E-state index contributed by atoms with van der Waals surface area (Å²) in [6, 6.07) is 14.7. The minimum Gasteiger partial charge on any atom is -0.403 e. The van der Waals surface area contributed by atoms with E-state index in [0.29, 0.717) is 18.4 Å². The highest BCUT2D eigenvalue weighted by Crippen LogP contribution is 2.37. The highest BCUT2D eigenvalue weighted by molar-refractivity contribution is 5.85. The summed E-state index contributed by atoms with van der Waals surface area (Å²) in [5, 5.41) is 0. The highest BCUT2D eigenvalue weighted by Gasteiger charge is 2.32. The van der Waals surface area contributed by atoms with Gasteiger partial charge >= 0.3 is 6.36 Å². The standard InChI is InChI=1S/C27H23F5O/c1-2-3-4-17-5-7-18(8-6-17)19-9-12-22-20(15-19)10-13-23(26(22)29)21-11-14-25(24(28)16-21)33-27(30,31)32/h5-8,10-11,13-16H,2-4,9,12H2,1H3. The quantitative estimate of drug-likeness (QED) is 0.337. The Hall–Kier alpha value is -3.15. The summed E-state index contributed by atoms with van der Waals surface area (Å²) in [5.74, 6) is -2.63. The molecule has 0 atom stereocenters. The number of unbranched alkanes of at least 4 members (excludes halogenated alkanes) is 1. The lowest BCUT2D eigenvalue weighted by Gasteiger charge is -2.19. The molecule has 1 nitrogen and oxygen atoms in total. The monoisotopic (exact) mass is 458 g/mol. The normalized spacial score (nSPS) is 13.5. The number of rotatable bonds is 6. The maximum absolute atomic E-state index is 15.3. The molecule has 0 amide bonds. The molecule has 0 bridgehead atoms. The van der Waals surface area contributed by atoms with Gasteiger partial charge in [0.15, 0.2) is 11.6 Å². The third-order valence-corrected chi connectivity index (χ3v) is 5.87. The van der Waals surface area contributed by atoms with Gasteiger partial charge in [0.1, 0.15) is 5.82 Å². The third-order valence-electron chi connectivity index (χ3n) is 5.87. The van der Waals surface area contributed by atoms with E-state index >= 15 is 4.39 Å². The van der Waals surface area contributed by atoms with E-state index in [2.05, 4.69) is 35.9 Å². The first-order valence-corrected chi connectivity index (χ1v) is 10.9. The Bertz CT molecular complexity index is 1180. The molecule has 6 heteroatoms. The molecule has 0 saturated carbocycles. The summed E-state index contributed by atoms with van der Waals surface area (Å²) in [6.45, 7) is 2.16. The van der Waals surface area contributed by atoms with Gasteiger partial charge in [-0.25, -0.2) is 8.78 Å². The third kappa shape index (κ3) is 5.27. The van der Waals surface area contributed by atoms with Crippen LogP contribution in [0.2, 0.25) is 0 Å². The molecule has 0 N–H and O–H groups in total. The van der Waals surface area contributed by atoms with E-state index in [0.717, 1.165) is 48.1 Å². The zero-order chi connectivity index (χ0) is 23.6. The molecule has 3 aromatic rings. The van der Waals surface area contributed by atoms with Gasteiger partial charge < -0.3 is 4.74 Å². The molecule has 0 aliphatic heterocycles. The fourth-order valence-corrected chi connectivity index (χ4v) is 4.14. The van der Waals surface area contributed by atoms with Crippen LogP contribution in [-0.4, -0.2) is 6.36 Å². The molecule has 3 aromatic carbocycles. The predicted molar refractivity (Wildman–Crippen MR) is 120 cm³/mol. The average molecular weight is 458 g/mol. The van der Waals surface area contributed by atoms with E-state index in [1.165, 1.54) is 17.7 Å². The van der Waals surface area contributed by atoms with Gasteiger partial charge in [-0.2, -0.15) is 0 Å². The van der Waals surface area contributed by atoms with Crippen molar-refractivity contribution in [1.82, 2.24) is 0 Å². The Balaban J connectivity index is 1.60. The first kappa shape index (κ1) is 23.0.